The molecule has 0 saturated heterocycles. The van der Waals surface area contributed by atoms with Crippen LogP contribution in [0.4, 0.5) is 18.9 Å². The minimum absolute atomic E-state index is 0.0299. The van der Waals surface area contributed by atoms with Gasteiger partial charge in [0, 0.05) is 11.3 Å². The van der Waals surface area contributed by atoms with E-state index in [1.807, 2.05) is 24.3 Å². The maximum atomic E-state index is 12.5. The zero-order valence-electron chi connectivity index (χ0n) is 14.2. The number of halogens is 3. The number of carbonyl (C=O) groups is 2. The summed E-state index contributed by atoms with van der Waals surface area (Å²) in [7, 11) is 0. The van der Waals surface area contributed by atoms with Crippen molar-refractivity contribution in [3.8, 4) is 5.75 Å². The molecular weight excluding hydrogens is 361 g/mol. The predicted molar refractivity (Wildman–Crippen MR) is 92.6 cm³/mol. The van der Waals surface area contributed by atoms with Crippen molar-refractivity contribution >= 4 is 17.5 Å². The molecule has 1 aliphatic heterocycles. The van der Waals surface area contributed by atoms with Crippen LogP contribution in [-0.2, 0) is 11.2 Å². The summed E-state index contributed by atoms with van der Waals surface area (Å²) in [5.41, 5.74) is 1.30. The van der Waals surface area contributed by atoms with Crippen LogP contribution >= 0.6 is 0 Å². The van der Waals surface area contributed by atoms with Crippen molar-refractivity contribution in [1.82, 2.24) is 5.32 Å². The lowest BCUT2D eigenvalue weighted by Gasteiger charge is -2.24. The highest BCUT2D eigenvalue weighted by molar-refractivity contribution is 5.97. The Labute approximate surface area is 153 Å². The molecule has 2 aromatic carbocycles. The Morgan fingerprint density at radius 2 is 1.89 bits per heavy atom. The first-order valence-corrected chi connectivity index (χ1v) is 8.28. The second-order valence-electron chi connectivity index (χ2n) is 6.19. The molecule has 1 heterocycles. The van der Waals surface area contributed by atoms with E-state index in [1.54, 1.807) is 11.4 Å². The van der Waals surface area contributed by atoms with Gasteiger partial charge in [-0.05, 0) is 36.2 Å². The highest BCUT2D eigenvalue weighted by Gasteiger charge is 2.28. The lowest BCUT2D eigenvalue weighted by Crippen LogP contribution is -2.34. The zero-order chi connectivity index (χ0) is 19.4. The summed E-state index contributed by atoms with van der Waals surface area (Å²) in [6, 6.07) is 13.2. The average Bonchev–Trinajstić information content (AvgIpc) is 2.65. The van der Waals surface area contributed by atoms with Crippen LogP contribution in [0.15, 0.2) is 48.5 Å². The number of fused-ring (bicyclic) bond motifs is 1. The Morgan fingerprint density at radius 1 is 1.11 bits per heavy atom. The quantitative estimate of drug-likeness (QED) is 0.859. The molecule has 0 fully saturated rings. The second-order valence-corrected chi connectivity index (χ2v) is 6.19. The first-order valence-electron chi connectivity index (χ1n) is 8.28. The molecule has 8 heteroatoms. The van der Waals surface area contributed by atoms with Crippen molar-refractivity contribution in [3.63, 3.8) is 0 Å². The summed E-state index contributed by atoms with van der Waals surface area (Å²) in [5, 5.41) is 4.49. The first kappa shape index (κ1) is 18.8. The lowest BCUT2D eigenvalue weighted by atomic mass is 9.96. The molecule has 0 unspecified atom stereocenters. The van der Waals surface area contributed by atoms with E-state index in [4.69, 9.17) is 4.74 Å². The summed E-state index contributed by atoms with van der Waals surface area (Å²) in [4.78, 5) is 24.3. The maximum absolute atomic E-state index is 12.5. The molecule has 1 atom stereocenters. The van der Waals surface area contributed by atoms with E-state index in [0.29, 0.717) is 12.1 Å². The number of alkyl halides is 3. The topological polar surface area (TPSA) is 67.4 Å². The fourth-order valence-corrected chi connectivity index (χ4v) is 2.76. The number of rotatable bonds is 4. The van der Waals surface area contributed by atoms with Crippen LogP contribution in [0.1, 0.15) is 15.9 Å². The van der Waals surface area contributed by atoms with Crippen LogP contribution in [0, 0.1) is 5.92 Å². The van der Waals surface area contributed by atoms with Gasteiger partial charge in [-0.25, -0.2) is 0 Å². The molecule has 0 bridgehead atoms. The molecule has 3 rings (SSSR count). The van der Waals surface area contributed by atoms with E-state index in [-0.39, 0.29) is 18.1 Å². The molecular formula is C19H17F3N2O3. The smallest absolute Gasteiger partial charge is 0.405 e. The molecule has 0 aromatic heterocycles. The van der Waals surface area contributed by atoms with Crippen LogP contribution in [0.25, 0.3) is 0 Å². The van der Waals surface area contributed by atoms with Crippen LogP contribution in [0.2, 0.25) is 0 Å². The second kappa shape index (κ2) is 7.69. The van der Waals surface area contributed by atoms with Gasteiger partial charge in [0.15, 0.2) is 0 Å². The summed E-state index contributed by atoms with van der Waals surface area (Å²) < 4.78 is 42.2. The van der Waals surface area contributed by atoms with Gasteiger partial charge in [0.2, 0.25) is 5.91 Å². The van der Waals surface area contributed by atoms with Crippen LogP contribution in [0.3, 0.4) is 0 Å². The highest BCUT2D eigenvalue weighted by Crippen LogP contribution is 2.27. The third-order valence-corrected chi connectivity index (χ3v) is 4.09. The standard InChI is InChI=1S/C19H17F3N2O3/c20-19(21,22)11-23-17(25)13-5-3-6-15(9-13)24-18(26)14-8-12-4-1-2-7-16(12)27-10-14/h1-7,9,14H,8,10-11H2,(H,23,25)(H,24,26)/t14-/m1/s1. The van der Waals surface area contributed by atoms with E-state index < -0.39 is 24.5 Å². The van der Waals surface area contributed by atoms with Gasteiger partial charge in [0.1, 0.15) is 18.9 Å². The summed E-state index contributed by atoms with van der Waals surface area (Å²) in [6.45, 7) is -1.18. The van der Waals surface area contributed by atoms with E-state index in [1.165, 1.54) is 18.2 Å². The Bertz CT molecular complexity index is 852. The summed E-state index contributed by atoms with van der Waals surface area (Å²) in [6.07, 6.45) is -3.97. The van der Waals surface area contributed by atoms with Crippen molar-refractivity contribution in [3.05, 3.63) is 59.7 Å². The third kappa shape index (κ3) is 4.99. The van der Waals surface area contributed by atoms with E-state index >= 15 is 0 Å². The molecule has 142 valence electrons. The normalized spacial score (nSPS) is 16.0. The fourth-order valence-electron chi connectivity index (χ4n) is 2.76. The van der Waals surface area contributed by atoms with E-state index in [9.17, 15) is 22.8 Å². The molecule has 2 amide bonds. The van der Waals surface area contributed by atoms with Gasteiger partial charge >= 0.3 is 6.18 Å². The number of amides is 2. The molecule has 0 saturated carbocycles. The van der Waals surface area contributed by atoms with E-state index in [0.717, 1.165) is 11.3 Å². The molecule has 0 aliphatic carbocycles. The SMILES string of the molecule is O=C(NCC(F)(F)F)c1cccc(NC(=O)[C@H]2COc3ccccc3C2)c1. The Morgan fingerprint density at radius 3 is 2.67 bits per heavy atom. The zero-order valence-corrected chi connectivity index (χ0v) is 14.2. The summed E-state index contributed by atoms with van der Waals surface area (Å²) >= 11 is 0. The Balaban J connectivity index is 1.63. The molecule has 2 N–H and O–H groups in total. The Hall–Kier alpha value is -3.03. The maximum Gasteiger partial charge on any atom is 0.405 e. The van der Waals surface area contributed by atoms with Gasteiger partial charge in [-0.15, -0.1) is 0 Å². The number of hydrogen-bond donors (Lipinski definition) is 2. The molecule has 0 radical (unpaired) electrons. The van der Waals surface area contributed by atoms with Gasteiger partial charge in [-0.1, -0.05) is 24.3 Å². The van der Waals surface area contributed by atoms with Crippen molar-refractivity contribution in [1.29, 1.82) is 0 Å². The van der Waals surface area contributed by atoms with Gasteiger partial charge < -0.3 is 15.4 Å². The molecule has 0 spiro atoms. The van der Waals surface area contributed by atoms with Gasteiger partial charge in [0.25, 0.3) is 5.91 Å². The number of para-hydroxylation sites is 1. The molecule has 1 aliphatic rings. The van der Waals surface area contributed by atoms with Gasteiger partial charge in [-0.2, -0.15) is 13.2 Å². The first-order chi connectivity index (χ1) is 12.8. The van der Waals surface area contributed by atoms with Gasteiger partial charge in [0.05, 0.1) is 5.92 Å². The number of benzene rings is 2. The van der Waals surface area contributed by atoms with Crippen LogP contribution in [-0.4, -0.2) is 31.1 Å². The van der Waals surface area contributed by atoms with Gasteiger partial charge in [-0.3, -0.25) is 9.59 Å². The number of anilines is 1. The monoisotopic (exact) mass is 378 g/mol. The Kier molecular flexibility index (Phi) is 5.34. The van der Waals surface area contributed by atoms with Crippen molar-refractivity contribution < 1.29 is 27.5 Å². The number of carbonyl (C=O) groups excluding carboxylic acids is 2. The average molecular weight is 378 g/mol. The largest absolute Gasteiger partial charge is 0.492 e. The minimum Gasteiger partial charge on any atom is -0.492 e. The van der Waals surface area contributed by atoms with Crippen LogP contribution < -0.4 is 15.4 Å². The van der Waals surface area contributed by atoms with E-state index in [2.05, 4.69) is 5.32 Å². The predicted octanol–water partition coefficient (Wildman–Crippen LogP) is 3.17. The highest BCUT2D eigenvalue weighted by atomic mass is 19.4. The molecule has 2 aromatic rings. The number of hydrogen-bond acceptors (Lipinski definition) is 3. The number of ether oxygens (including phenoxy) is 1. The minimum atomic E-state index is -4.49. The van der Waals surface area contributed by atoms with Crippen molar-refractivity contribution in [2.75, 3.05) is 18.5 Å². The van der Waals surface area contributed by atoms with Crippen molar-refractivity contribution in [2.45, 2.75) is 12.6 Å². The van der Waals surface area contributed by atoms with Crippen molar-refractivity contribution in [2.24, 2.45) is 5.92 Å². The summed E-state index contributed by atoms with van der Waals surface area (Å²) in [5.74, 6) is -0.789. The van der Waals surface area contributed by atoms with Crippen LogP contribution in [0.5, 0.6) is 5.75 Å². The lowest BCUT2D eigenvalue weighted by molar-refractivity contribution is -0.123. The fraction of sp³-hybridized carbons (Fsp3) is 0.263. The number of nitrogens with one attached hydrogen (secondary N) is 2. The molecule has 27 heavy (non-hydrogen) atoms. The molecule has 5 nitrogen and oxygen atoms in total. The third-order valence-electron chi connectivity index (χ3n) is 4.09.